The second-order valence-corrected chi connectivity index (χ2v) is 6.64. The first kappa shape index (κ1) is 12.6. The number of sulfonamides is 1. The van der Waals surface area contributed by atoms with Gasteiger partial charge in [0.15, 0.2) is 0 Å². The zero-order valence-electron chi connectivity index (χ0n) is 10.4. The summed E-state index contributed by atoms with van der Waals surface area (Å²) in [6, 6.07) is 12.7. The van der Waals surface area contributed by atoms with E-state index in [1.165, 1.54) is 4.31 Å². The zero-order chi connectivity index (χ0) is 13.5. The number of hydrogen-bond donors (Lipinski definition) is 1. The molecule has 2 aromatic carbocycles. The van der Waals surface area contributed by atoms with Gasteiger partial charge in [-0.1, -0.05) is 30.3 Å². The molecule has 0 aromatic heterocycles. The van der Waals surface area contributed by atoms with Gasteiger partial charge in [-0.3, -0.25) is 0 Å². The Morgan fingerprint density at radius 1 is 1.11 bits per heavy atom. The molecule has 1 heterocycles. The number of rotatable bonds is 2. The minimum atomic E-state index is -3.60. The van der Waals surface area contributed by atoms with Crippen LogP contribution in [0.1, 0.15) is 12.8 Å². The monoisotopic (exact) mass is 277 g/mol. The molecule has 2 aromatic rings. The smallest absolute Gasteiger partial charge is 0.245 e. The zero-order valence-corrected chi connectivity index (χ0v) is 11.2. The number of hydrogen-bond acceptors (Lipinski definition) is 3. The highest BCUT2D eigenvalue weighted by molar-refractivity contribution is 7.89. The van der Waals surface area contributed by atoms with E-state index < -0.39 is 16.3 Å². The normalized spacial score (nSPS) is 21.0. The SMILES string of the molecule is O=S(=O)(c1ccc2ccccc2c1)N1CCCC1O. The Kier molecular flexibility index (Phi) is 3.05. The van der Waals surface area contributed by atoms with E-state index in [4.69, 9.17) is 0 Å². The predicted octanol–water partition coefficient (Wildman–Crippen LogP) is 1.94. The van der Waals surface area contributed by atoms with Crippen molar-refractivity contribution < 1.29 is 13.5 Å². The fourth-order valence-electron chi connectivity index (χ4n) is 2.47. The largest absolute Gasteiger partial charge is 0.377 e. The maximum atomic E-state index is 12.5. The molecule has 1 N–H and O–H groups in total. The van der Waals surface area contributed by atoms with Crippen LogP contribution in [0.5, 0.6) is 0 Å². The molecular formula is C14H15NO3S. The summed E-state index contributed by atoms with van der Waals surface area (Å²) < 4.78 is 26.1. The summed E-state index contributed by atoms with van der Waals surface area (Å²) in [5.41, 5.74) is 0. The van der Waals surface area contributed by atoms with Gasteiger partial charge in [-0.25, -0.2) is 8.42 Å². The Morgan fingerprint density at radius 2 is 1.84 bits per heavy atom. The van der Waals surface area contributed by atoms with Gasteiger partial charge in [0.25, 0.3) is 0 Å². The summed E-state index contributed by atoms with van der Waals surface area (Å²) in [6.45, 7) is 0.385. The van der Waals surface area contributed by atoms with Gasteiger partial charge in [-0.15, -0.1) is 0 Å². The minimum absolute atomic E-state index is 0.243. The van der Waals surface area contributed by atoms with E-state index in [1.807, 2.05) is 24.3 Å². The van der Waals surface area contributed by atoms with Crippen molar-refractivity contribution >= 4 is 20.8 Å². The van der Waals surface area contributed by atoms with E-state index in [1.54, 1.807) is 18.2 Å². The summed E-state index contributed by atoms with van der Waals surface area (Å²) in [5.74, 6) is 0. The molecule has 1 fully saturated rings. The highest BCUT2D eigenvalue weighted by Crippen LogP contribution is 2.26. The van der Waals surface area contributed by atoms with Gasteiger partial charge < -0.3 is 5.11 Å². The van der Waals surface area contributed by atoms with Crippen LogP contribution < -0.4 is 0 Å². The summed E-state index contributed by atoms with van der Waals surface area (Å²) in [5, 5.41) is 11.6. The third kappa shape index (κ3) is 2.14. The Bertz CT molecular complexity index is 711. The van der Waals surface area contributed by atoms with Crippen molar-refractivity contribution in [2.24, 2.45) is 0 Å². The topological polar surface area (TPSA) is 57.6 Å². The van der Waals surface area contributed by atoms with Gasteiger partial charge in [0.05, 0.1) is 4.90 Å². The lowest BCUT2D eigenvalue weighted by molar-refractivity contribution is 0.0949. The first-order chi connectivity index (χ1) is 9.09. The molecular weight excluding hydrogens is 262 g/mol. The van der Waals surface area contributed by atoms with Gasteiger partial charge >= 0.3 is 0 Å². The molecule has 0 amide bonds. The number of nitrogens with zero attached hydrogens (tertiary/aromatic N) is 1. The minimum Gasteiger partial charge on any atom is -0.377 e. The molecule has 1 aliphatic rings. The van der Waals surface area contributed by atoms with Crippen LogP contribution in [-0.2, 0) is 10.0 Å². The lowest BCUT2D eigenvalue weighted by atomic mass is 10.1. The van der Waals surface area contributed by atoms with Crippen LogP contribution in [0.4, 0.5) is 0 Å². The van der Waals surface area contributed by atoms with Crippen molar-refractivity contribution in [1.82, 2.24) is 4.31 Å². The molecule has 4 nitrogen and oxygen atoms in total. The molecule has 1 atom stereocenters. The molecule has 0 saturated carbocycles. The third-order valence-electron chi connectivity index (χ3n) is 3.50. The van der Waals surface area contributed by atoms with Crippen molar-refractivity contribution in [2.45, 2.75) is 24.0 Å². The Morgan fingerprint density at radius 3 is 2.53 bits per heavy atom. The second-order valence-electron chi connectivity index (χ2n) is 4.75. The second kappa shape index (κ2) is 4.59. The highest BCUT2D eigenvalue weighted by Gasteiger charge is 2.33. The van der Waals surface area contributed by atoms with Crippen LogP contribution in [0.2, 0.25) is 0 Å². The van der Waals surface area contributed by atoms with E-state index in [2.05, 4.69) is 0 Å². The number of aliphatic hydroxyl groups excluding tert-OH is 1. The Labute approximate surface area is 112 Å². The quantitative estimate of drug-likeness (QED) is 0.912. The van der Waals surface area contributed by atoms with Gasteiger partial charge in [0, 0.05) is 6.54 Å². The first-order valence-corrected chi connectivity index (χ1v) is 7.72. The number of aliphatic hydroxyl groups is 1. The standard InChI is InChI=1S/C14H15NO3S/c16-14-6-3-9-15(14)19(17,18)13-8-7-11-4-1-2-5-12(11)10-13/h1-2,4-5,7-8,10,14,16H,3,6,9H2. The van der Waals surface area contributed by atoms with Gasteiger partial charge in [-0.2, -0.15) is 4.31 Å². The molecule has 1 saturated heterocycles. The van der Waals surface area contributed by atoms with Gasteiger partial charge in [0.1, 0.15) is 6.23 Å². The third-order valence-corrected chi connectivity index (χ3v) is 5.39. The number of benzene rings is 2. The summed E-state index contributed by atoms with van der Waals surface area (Å²) in [6.07, 6.45) is 0.317. The fourth-order valence-corrected chi connectivity index (χ4v) is 4.05. The van der Waals surface area contributed by atoms with Crippen molar-refractivity contribution in [3.63, 3.8) is 0 Å². The van der Waals surface area contributed by atoms with E-state index >= 15 is 0 Å². The number of fused-ring (bicyclic) bond motifs is 1. The Balaban J connectivity index is 2.08. The van der Waals surface area contributed by atoms with Crippen LogP contribution in [0.15, 0.2) is 47.4 Å². The van der Waals surface area contributed by atoms with Crippen LogP contribution in [-0.4, -0.2) is 30.6 Å². The maximum absolute atomic E-state index is 12.5. The molecule has 1 unspecified atom stereocenters. The average molecular weight is 277 g/mol. The van der Waals surface area contributed by atoms with Crippen molar-refractivity contribution in [3.05, 3.63) is 42.5 Å². The lowest BCUT2D eigenvalue weighted by Crippen LogP contribution is -2.35. The Hall–Kier alpha value is -1.43. The van der Waals surface area contributed by atoms with Crippen LogP contribution in [0.25, 0.3) is 10.8 Å². The molecule has 0 aliphatic carbocycles. The van der Waals surface area contributed by atoms with Crippen molar-refractivity contribution in [3.8, 4) is 0 Å². The molecule has 100 valence electrons. The lowest BCUT2D eigenvalue weighted by Gasteiger charge is -2.20. The molecule has 0 spiro atoms. The van der Waals surface area contributed by atoms with Crippen molar-refractivity contribution in [2.75, 3.05) is 6.54 Å². The van der Waals surface area contributed by atoms with E-state index in [0.29, 0.717) is 19.4 Å². The van der Waals surface area contributed by atoms with Crippen LogP contribution >= 0.6 is 0 Å². The summed E-state index contributed by atoms with van der Waals surface area (Å²) in [7, 11) is -3.60. The highest BCUT2D eigenvalue weighted by atomic mass is 32.2. The van der Waals surface area contributed by atoms with Crippen molar-refractivity contribution in [1.29, 1.82) is 0 Å². The fraction of sp³-hybridized carbons (Fsp3) is 0.286. The van der Waals surface area contributed by atoms with E-state index in [0.717, 1.165) is 10.8 Å². The molecule has 3 rings (SSSR count). The first-order valence-electron chi connectivity index (χ1n) is 6.28. The van der Waals surface area contributed by atoms with Gasteiger partial charge in [0.2, 0.25) is 10.0 Å². The van der Waals surface area contributed by atoms with Crippen LogP contribution in [0.3, 0.4) is 0 Å². The molecule has 1 aliphatic heterocycles. The van der Waals surface area contributed by atoms with Crippen LogP contribution in [0, 0.1) is 0 Å². The molecule has 19 heavy (non-hydrogen) atoms. The maximum Gasteiger partial charge on any atom is 0.245 e. The molecule has 0 bridgehead atoms. The summed E-state index contributed by atoms with van der Waals surface area (Å²) in [4.78, 5) is 0.243. The summed E-state index contributed by atoms with van der Waals surface area (Å²) >= 11 is 0. The van der Waals surface area contributed by atoms with E-state index in [9.17, 15) is 13.5 Å². The molecule has 5 heteroatoms. The molecule has 0 radical (unpaired) electrons. The predicted molar refractivity (Wildman–Crippen MR) is 73.1 cm³/mol. The van der Waals surface area contributed by atoms with E-state index in [-0.39, 0.29) is 4.90 Å². The average Bonchev–Trinajstić information content (AvgIpc) is 2.85. The van der Waals surface area contributed by atoms with Gasteiger partial charge in [-0.05, 0) is 35.7 Å².